The first-order chi connectivity index (χ1) is 6.41. The molecular formula is C8H6Cl2F3N. The van der Waals surface area contributed by atoms with Gasteiger partial charge in [0.15, 0.2) is 0 Å². The van der Waals surface area contributed by atoms with Crippen molar-refractivity contribution in [2.45, 2.75) is 18.0 Å². The van der Waals surface area contributed by atoms with Gasteiger partial charge in [-0.1, -0.05) is 11.6 Å². The SMILES string of the molecule is FC(F)(F)C(Cl)Cc1ccncc1Cl. The molecule has 1 aromatic heterocycles. The molecule has 14 heavy (non-hydrogen) atoms. The highest BCUT2D eigenvalue weighted by Gasteiger charge is 2.38. The summed E-state index contributed by atoms with van der Waals surface area (Å²) in [6.07, 6.45) is -2.08. The lowest BCUT2D eigenvalue weighted by Gasteiger charge is -2.13. The van der Waals surface area contributed by atoms with Gasteiger partial charge in [0.1, 0.15) is 5.38 Å². The van der Waals surface area contributed by atoms with Crippen LogP contribution in [0.15, 0.2) is 18.5 Å². The Morgan fingerprint density at radius 2 is 2.07 bits per heavy atom. The number of alkyl halides is 4. The Kier molecular flexibility index (Phi) is 3.61. The minimum Gasteiger partial charge on any atom is -0.263 e. The highest BCUT2D eigenvalue weighted by Crippen LogP contribution is 2.29. The molecule has 1 nitrogen and oxygen atoms in total. The summed E-state index contributed by atoms with van der Waals surface area (Å²) in [5.41, 5.74) is 0.346. The first kappa shape index (κ1) is 11.6. The van der Waals surface area contributed by atoms with Crippen molar-refractivity contribution in [3.8, 4) is 0 Å². The first-order valence-electron chi connectivity index (χ1n) is 3.70. The van der Waals surface area contributed by atoms with Gasteiger partial charge in [0.2, 0.25) is 0 Å². The summed E-state index contributed by atoms with van der Waals surface area (Å²) in [7, 11) is 0. The van der Waals surface area contributed by atoms with Crippen molar-refractivity contribution >= 4 is 23.2 Å². The fourth-order valence-corrected chi connectivity index (χ4v) is 1.24. The summed E-state index contributed by atoms with van der Waals surface area (Å²) >= 11 is 10.8. The molecule has 0 aromatic carbocycles. The Balaban J connectivity index is 2.75. The van der Waals surface area contributed by atoms with Crippen LogP contribution in [0.5, 0.6) is 0 Å². The maximum atomic E-state index is 12.1. The second-order valence-electron chi connectivity index (χ2n) is 2.68. The molecule has 1 unspecified atom stereocenters. The van der Waals surface area contributed by atoms with Crippen LogP contribution in [0, 0.1) is 0 Å². The molecule has 1 rings (SSSR count). The Labute approximate surface area is 88.8 Å². The highest BCUT2D eigenvalue weighted by atomic mass is 35.5. The third kappa shape index (κ3) is 3.03. The van der Waals surface area contributed by atoms with Crippen LogP contribution < -0.4 is 0 Å². The fourth-order valence-electron chi connectivity index (χ4n) is 0.878. The Hall–Kier alpha value is -0.480. The molecule has 0 N–H and O–H groups in total. The summed E-state index contributed by atoms with van der Waals surface area (Å²) in [4.78, 5) is 3.66. The van der Waals surface area contributed by atoms with Crippen molar-refractivity contribution < 1.29 is 13.2 Å². The lowest BCUT2D eigenvalue weighted by molar-refractivity contribution is -0.130. The standard InChI is InChI=1S/C8H6Cl2F3N/c9-6-4-14-2-1-5(6)3-7(10)8(11,12)13/h1-2,4,7H,3H2. The molecule has 0 amide bonds. The van der Waals surface area contributed by atoms with Crippen LogP contribution in [0.1, 0.15) is 5.56 Å². The van der Waals surface area contributed by atoms with Crippen LogP contribution in [0.25, 0.3) is 0 Å². The minimum atomic E-state index is -4.41. The third-order valence-electron chi connectivity index (χ3n) is 1.61. The lowest BCUT2D eigenvalue weighted by atomic mass is 10.1. The Morgan fingerprint density at radius 3 is 2.57 bits per heavy atom. The zero-order valence-corrected chi connectivity index (χ0v) is 8.37. The molecular weight excluding hydrogens is 238 g/mol. The van der Waals surface area contributed by atoms with Gasteiger partial charge in [0.25, 0.3) is 0 Å². The summed E-state index contributed by atoms with van der Waals surface area (Å²) in [6, 6.07) is 1.42. The quantitative estimate of drug-likeness (QED) is 0.726. The number of halogens is 5. The maximum absolute atomic E-state index is 12.1. The van der Waals surface area contributed by atoms with Gasteiger partial charge in [-0.15, -0.1) is 11.6 Å². The average Bonchev–Trinajstić information content (AvgIpc) is 2.07. The van der Waals surface area contributed by atoms with E-state index >= 15 is 0 Å². The molecule has 0 aliphatic heterocycles. The number of rotatable bonds is 2. The van der Waals surface area contributed by atoms with E-state index in [1.54, 1.807) is 0 Å². The molecule has 0 saturated heterocycles. The van der Waals surface area contributed by atoms with E-state index in [-0.39, 0.29) is 11.4 Å². The van der Waals surface area contributed by atoms with Crippen molar-refractivity contribution in [1.82, 2.24) is 4.98 Å². The van der Waals surface area contributed by atoms with E-state index in [4.69, 9.17) is 23.2 Å². The van der Waals surface area contributed by atoms with Gasteiger partial charge in [-0.3, -0.25) is 4.98 Å². The molecule has 0 saturated carbocycles. The highest BCUT2D eigenvalue weighted by molar-refractivity contribution is 6.31. The van der Waals surface area contributed by atoms with Crippen LogP contribution in [0.2, 0.25) is 5.02 Å². The van der Waals surface area contributed by atoms with Gasteiger partial charge in [0.05, 0.1) is 5.02 Å². The zero-order chi connectivity index (χ0) is 10.8. The molecule has 0 spiro atoms. The van der Waals surface area contributed by atoms with Crippen molar-refractivity contribution in [2.24, 2.45) is 0 Å². The fraction of sp³-hybridized carbons (Fsp3) is 0.375. The van der Waals surface area contributed by atoms with E-state index in [0.29, 0.717) is 5.56 Å². The zero-order valence-electron chi connectivity index (χ0n) is 6.85. The van der Waals surface area contributed by atoms with Crippen LogP contribution in [0.3, 0.4) is 0 Å². The predicted molar refractivity (Wildman–Crippen MR) is 48.6 cm³/mol. The summed E-state index contributed by atoms with van der Waals surface area (Å²) < 4.78 is 36.2. The summed E-state index contributed by atoms with van der Waals surface area (Å²) in [5, 5.41) is -1.72. The molecule has 0 radical (unpaired) electrons. The number of pyridine rings is 1. The molecule has 0 aliphatic rings. The largest absolute Gasteiger partial charge is 0.405 e. The first-order valence-corrected chi connectivity index (χ1v) is 4.52. The van der Waals surface area contributed by atoms with E-state index in [1.807, 2.05) is 0 Å². The van der Waals surface area contributed by atoms with E-state index in [2.05, 4.69) is 4.98 Å². The lowest BCUT2D eigenvalue weighted by Crippen LogP contribution is -2.25. The van der Waals surface area contributed by atoms with E-state index in [9.17, 15) is 13.2 Å². The van der Waals surface area contributed by atoms with Crippen LogP contribution in [-0.2, 0) is 6.42 Å². The average molecular weight is 244 g/mol. The maximum Gasteiger partial charge on any atom is 0.405 e. The molecule has 6 heteroatoms. The minimum absolute atomic E-state index is 0.197. The van der Waals surface area contributed by atoms with Crippen LogP contribution in [-0.4, -0.2) is 16.5 Å². The summed E-state index contributed by atoms with van der Waals surface area (Å²) in [5.74, 6) is 0. The topological polar surface area (TPSA) is 12.9 Å². The van der Waals surface area contributed by atoms with Crippen molar-refractivity contribution in [1.29, 1.82) is 0 Å². The Bertz CT molecular complexity index is 314. The molecule has 1 atom stereocenters. The molecule has 0 fully saturated rings. The second kappa shape index (κ2) is 4.36. The van der Waals surface area contributed by atoms with Gasteiger partial charge < -0.3 is 0 Å². The van der Waals surface area contributed by atoms with E-state index in [0.717, 1.165) is 0 Å². The number of hydrogen-bond acceptors (Lipinski definition) is 1. The van der Waals surface area contributed by atoms with Gasteiger partial charge in [-0.25, -0.2) is 0 Å². The summed E-state index contributed by atoms with van der Waals surface area (Å²) in [6.45, 7) is 0. The normalized spacial score (nSPS) is 14.1. The third-order valence-corrected chi connectivity index (χ3v) is 2.35. The molecule has 1 heterocycles. The number of aromatic nitrogens is 1. The molecule has 0 bridgehead atoms. The van der Waals surface area contributed by atoms with Crippen LogP contribution >= 0.6 is 23.2 Å². The molecule has 78 valence electrons. The van der Waals surface area contributed by atoms with Gasteiger partial charge in [0, 0.05) is 12.4 Å². The van der Waals surface area contributed by atoms with E-state index < -0.39 is 11.6 Å². The van der Waals surface area contributed by atoms with Crippen molar-refractivity contribution in [3.05, 3.63) is 29.0 Å². The second-order valence-corrected chi connectivity index (χ2v) is 3.61. The van der Waals surface area contributed by atoms with Crippen molar-refractivity contribution in [2.75, 3.05) is 0 Å². The number of nitrogens with zero attached hydrogens (tertiary/aromatic N) is 1. The van der Waals surface area contributed by atoms with Gasteiger partial charge in [-0.05, 0) is 18.1 Å². The smallest absolute Gasteiger partial charge is 0.263 e. The molecule has 0 aliphatic carbocycles. The number of hydrogen-bond donors (Lipinski definition) is 0. The van der Waals surface area contributed by atoms with Gasteiger partial charge in [-0.2, -0.15) is 13.2 Å². The van der Waals surface area contributed by atoms with Crippen LogP contribution in [0.4, 0.5) is 13.2 Å². The predicted octanol–water partition coefficient (Wildman–Crippen LogP) is 3.45. The van der Waals surface area contributed by atoms with E-state index in [1.165, 1.54) is 18.5 Å². The Morgan fingerprint density at radius 1 is 1.43 bits per heavy atom. The van der Waals surface area contributed by atoms with Gasteiger partial charge >= 0.3 is 6.18 Å². The monoisotopic (exact) mass is 243 g/mol. The van der Waals surface area contributed by atoms with Crippen molar-refractivity contribution in [3.63, 3.8) is 0 Å². The molecule has 1 aromatic rings.